The van der Waals surface area contributed by atoms with E-state index in [4.69, 9.17) is 4.74 Å². The van der Waals surface area contributed by atoms with Crippen molar-refractivity contribution in [2.45, 2.75) is 13.0 Å². The average Bonchev–Trinajstić information content (AvgIpc) is 3.01. The molecular formula is C14H14F2N2O3S. The molecule has 0 bridgehead atoms. The Labute approximate surface area is 129 Å². The lowest BCUT2D eigenvalue weighted by Gasteiger charge is -2.11. The van der Waals surface area contributed by atoms with Gasteiger partial charge in [-0.25, -0.2) is 4.98 Å². The fourth-order valence-corrected chi connectivity index (χ4v) is 2.33. The highest BCUT2D eigenvalue weighted by Crippen LogP contribution is 2.29. The predicted molar refractivity (Wildman–Crippen MR) is 77.8 cm³/mol. The summed E-state index contributed by atoms with van der Waals surface area (Å²) in [4.78, 5) is 15.6. The molecule has 0 aliphatic carbocycles. The molecule has 0 atom stereocenters. The zero-order chi connectivity index (χ0) is 15.9. The number of aromatic nitrogens is 1. The predicted octanol–water partition coefficient (Wildman–Crippen LogP) is 2.73. The Morgan fingerprint density at radius 2 is 2.23 bits per heavy atom. The summed E-state index contributed by atoms with van der Waals surface area (Å²) in [5.41, 5.74) is 2.68. The number of ether oxygens (including phenoxy) is 2. The van der Waals surface area contributed by atoms with Gasteiger partial charge in [0.1, 0.15) is 5.69 Å². The molecule has 22 heavy (non-hydrogen) atoms. The van der Waals surface area contributed by atoms with Gasteiger partial charge in [-0.2, -0.15) is 8.78 Å². The van der Waals surface area contributed by atoms with Crippen LogP contribution in [0, 0.1) is 0 Å². The molecule has 1 heterocycles. The van der Waals surface area contributed by atoms with Crippen molar-refractivity contribution in [3.8, 4) is 11.5 Å². The normalized spacial score (nSPS) is 10.5. The second-order valence-electron chi connectivity index (χ2n) is 4.24. The Morgan fingerprint density at radius 3 is 2.86 bits per heavy atom. The van der Waals surface area contributed by atoms with Gasteiger partial charge in [0.25, 0.3) is 5.91 Å². The van der Waals surface area contributed by atoms with Gasteiger partial charge in [-0.1, -0.05) is 6.07 Å². The highest BCUT2D eigenvalue weighted by Gasteiger charge is 2.12. The second kappa shape index (κ2) is 7.69. The fourth-order valence-electron chi connectivity index (χ4n) is 1.80. The number of nitrogens with one attached hydrogen (secondary N) is 1. The summed E-state index contributed by atoms with van der Waals surface area (Å²) in [7, 11) is 1.38. The SMILES string of the molecule is COc1ccc(CCNC(=O)c2cscn2)cc1OC(F)F. The Kier molecular flexibility index (Phi) is 5.65. The molecule has 118 valence electrons. The van der Waals surface area contributed by atoms with Crippen LogP contribution < -0.4 is 14.8 Å². The first-order valence-electron chi connectivity index (χ1n) is 6.38. The van der Waals surface area contributed by atoms with Gasteiger partial charge >= 0.3 is 6.61 Å². The number of nitrogens with zero attached hydrogens (tertiary/aromatic N) is 1. The molecule has 1 aromatic carbocycles. The Hall–Kier alpha value is -2.22. The van der Waals surface area contributed by atoms with E-state index in [1.165, 1.54) is 24.5 Å². The van der Waals surface area contributed by atoms with Crippen LogP contribution in [0.4, 0.5) is 8.78 Å². The summed E-state index contributed by atoms with van der Waals surface area (Å²) in [6.45, 7) is -2.56. The van der Waals surface area contributed by atoms with E-state index in [0.29, 0.717) is 18.7 Å². The molecule has 2 rings (SSSR count). The van der Waals surface area contributed by atoms with E-state index in [2.05, 4.69) is 15.0 Å². The van der Waals surface area contributed by atoms with Gasteiger partial charge in [-0.15, -0.1) is 11.3 Å². The maximum absolute atomic E-state index is 12.3. The zero-order valence-electron chi connectivity index (χ0n) is 11.7. The van der Waals surface area contributed by atoms with Crippen LogP contribution in [0.3, 0.4) is 0 Å². The first kappa shape index (κ1) is 16.2. The quantitative estimate of drug-likeness (QED) is 0.849. The number of rotatable bonds is 7. The summed E-state index contributed by atoms with van der Waals surface area (Å²) >= 11 is 1.34. The van der Waals surface area contributed by atoms with E-state index in [-0.39, 0.29) is 17.4 Å². The average molecular weight is 328 g/mol. The first-order valence-corrected chi connectivity index (χ1v) is 7.32. The van der Waals surface area contributed by atoms with Gasteiger partial charge < -0.3 is 14.8 Å². The number of methoxy groups -OCH3 is 1. The molecule has 0 saturated carbocycles. The Bertz CT molecular complexity index is 621. The maximum atomic E-state index is 12.3. The molecule has 0 spiro atoms. The third kappa shape index (κ3) is 4.39. The standard InChI is InChI=1S/C14H14F2N2O3S/c1-20-11-3-2-9(6-12(11)21-14(15)16)4-5-17-13(19)10-7-22-8-18-10/h2-3,6-8,14H,4-5H2,1H3,(H,17,19). The number of amides is 1. The summed E-state index contributed by atoms with van der Waals surface area (Å²) in [6.07, 6.45) is 0.472. The lowest BCUT2D eigenvalue weighted by atomic mass is 10.1. The van der Waals surface area contributed by atoms with E-state index >= 15 is 0 Å². The number of halogens is 2. The van der Waals surface area contributed by atoms with Gasteiger partial charge in [-0.3, -0.25) is 4.79 Å². The summed E-state index contributed by atoms with van der Waals surface area (Å²) in [5, 5.41) is 4.36. The highest BCUT2D eigenvalue weighted by atomic mass is 32.1. The molecular weight excluding hydrogens is 314 g/mol. The van der Waals surface area contributed by atoms with Crippen LogP contribution in [0.15, 0.2) is 29.1 Å². The minimum Gasteiger partial charge on any atom is -0.493 e. The van der Waals surface area contributed by atoms with Crippen LogP contribution in [-0.2, 0) is 6.42 Å². The lowest BCUT2D eigenvalue weighted by Crippen LogP contribution is -2.25. The van der Waals surface area contributed by atoms with Crippen LogP contribution in [0.5, 0.6) is 11.5 Å². The minimum absolute atomic E-state index is 0.0270. The van der Waals surface area contributed by atoms with Crippen LogP contribution in [0.1, 0.15) is 16.1 Å². The van der Waals surface area contributed by atoms with Gasteiger partial charge in [0.2, 0.25) is 0 Å². The van der Waals surface area contributed by atoms with Crippen molar-refractivity contribution in [2.75, 3.05) is 13.7 Å². The molecule has 0 radical (unpaired) electrons. The van der Waals surface area contributed by atoms with Crippen LogP contribution in [0.2, 0.25) is 0 Å². The van der Waals surface area contributed by atoms with E-state index in [9.17, 15) is 13.6 Å². The first-order chi connectivity index (χ1) is 10.6. The Morgan fingerprint density at radius 1 is 1.41 bits per heavy atom. The minimum atomic E-state index is -2.92. The van der Waals surface area contributed by atoms with Crippen LogP contribution in [-0.4, -0.2) is 31.2 Å². The van der Waals surface area contributed by atoms with Crippen LogP contribution >= 0.6 is 11.3 Å². The topological polar surface area (TPSA) is 60.5 Å². The molecule has 1 amide bonds. The highest BCUT2D eigenvalue weighted by molar-refractivity contribution is 7.07. The molecule has 8 heteroatoms. The smallest absolute Gasteiger partial charge is 0.387 e. The van der Waals surface area contributed by atoms with E-state index < -0.39 is 6.61 Å². The second-order valence-corrected chi connectivity index (χ2v) is 4.96. The number of carbonyl (C=O) groups excluding carboxylic acids is 1. The number of hydrogen-bond donors (Lipinski definition) is 1. The molecule has 1 N–H and O–H groups in total. The van der Waals surface area contributed by atoms with Gasteiger partial charge in [0.15, 0.2) is 11.5 Å². The fraction of sp³-hybridized carbons (Fsp3) is 0.286. The molecule has 1 aromatic heterocycles. The van der Waals surface area contributed by atoms with Crippen molar-refractivity contribution in [1.82, 2.24) is 10.3 Å². The number of alkyl halides is 2. The van der Waals surface area contributed by atoms with E-state index in [1.54, 1.807) is 23.0 Å². The third-order valence-electron chi connectivity index (χ3n) is 2.81. The van der Waals surface area contributed by atoms with Crippen molar-refractivity contribution in [2.24, 2.45) is 0 Å². The number of benzene rings is 1. The van der Waals surface area contributed by atoms with E-state index in [1.807, 2.05) is 0 Å². The summed E-state index contributed by atoms with van der Waals surface area (Å²) in [5.74, 6) is -0.0600. The molecule has 5 nitrogen and oxygen atoms in total. The summed E-state index contributed by atoms with van der Waals surface area (Å²) < 4.78 is 34.1. The Balaban J connectivity index is 1.93. The molecule has 0 aliphatic rings. The molecule has 0 unspecified atom stereocenters. The largest absolute Gasteiger partial charge is 0.493 e. The maximum Gasteiger partial charge on any atom is 0.387 e. The number of thiazole rings is 1. The van der Waals surface area contributed by atoms with Gasteiger partial charge in [-0.05, 0) is 24.1 Å². The van der Waals surface area contributed by atoms with Crippen molar-refractivity contribution in [1.29, 1.82) is 0 Å². The lowest BCUT2D eigenvalue weighted by molar-refractivity contribution is -0.0512. The molecule has 2 aromatic rings. The van der Waals surface area contributed by atoms with Gasteiger partial charge in [0.05, 0.1) is 12.6 Å². The van der Waals surface area contributed by atoms with Crippen molar-refractivity contribution < 1.29 is 23.0 Å². The summed E-state index contributed by atoms with van der Waals surface area (Å²) in [6, 6.07) is 4.75. The van der Waals surface area contributed by atoms with E-state index in [0.717, 1.165) is 5.56 Å². The number of hydrogen-bond acceptors (Lipinski definition) is 5. The van der Waals surface area contributed by atoms with Crippen LogP contribution in [0.25, 0.3) is 0 Å². The third-order valence-corrected chi connectivity index (χ3v) is 3.39. The van der Waals surface area contributed by atoms with Gasteiger partial charge in [0, 0.05) is 11.9 Å². The zero-order valence-corrected chi connectivity index (χ0v) is 12.5. The van der Waals surface area contributed by atoms with Crippen molar-refractivity contribution >= 4 is 17.2 Å². The van der Waals surface area contributed by atoms with Crippen molar-refractivity contribution in [3.05, 3.63) is 40.3 Å². The van der Waals surface area contributed by atoms with Crippen molar-refractivity contribution in [3.63, 3.8) is 0 Å². The monoisotopic (exact) mass is 328 g/mol. The molecule has 0 saturated heterocycles. The number of carbonyl (C=O) groups is 1. The molecule has 0 aliphatic heterocycles. The molecule has 0 fully saturated rings.